The molecule has 1 N–H and O–H groups in total. The van der Waals surface area contributed by atoms with E-state index in [1.54, 1.807) is 15.6 Å². The second-order valence-corrected chi connectivity index (χ2v) is 11.6. The van der Waals surface area contributed by atoms with E-state index in [4.69, 9.17) is 16.3 Å². The molecule has 1 aromatic carbocycles. The van der Waals surface area contributed by atoms with Crippen LogP contribution in [0.3, 0.4) is 0 Å². The maximum atomic E-state index is 12.3. The molecule has 1 amide bonds. The predicted octanol–water partition coefficient (Wildman–Crippen LogP) is 3.59. The molecule has 0 spiro atoms. The van der Waals surface area contributed by atoms with Gasteiger partial charge in [-0.2, -0.15) is 0 Å². The molecule has 1 fully saturated rings. The number of halogens is 1. The van der Waals surface area contributed by atoms with Crippen molar-refractivity contribution in [2.24, 2.45) is 0 Å². The summed E-state index contributed by atoms with van der Waals surface area (Å²) in [5.41, 5.74) is 0.955. The Bertz CT molecular complexity index is 1330. The van der Waals surface area contributed by atoms with E-state index in [1.807, 2.05) is 20.8 Å². The lowest BCUT2D eigenvalue weighted by atomic mass is 10.1. The Morgan fingerprint density at radius 2 is 1.91 bits per heavy atom. The number of rotatable bonds is 4. The van der Waals surface area contributed by atoms with Crippen LogP contribution in [0.1, 0.15) is 39.7 Å². The predicted molar refractivity (Wildman–Crippen MR) is 127 cm³/mol. The highest BCUT2D eigenvalue weighted by molar-refractivity contribution is 7.90. The van der Waals surface area contributed by atoms with Crippen molar-refractivity contribution in [1.82, 2.24) is 29.9 Å². The lowest BCUT2D eigenvalue weighted by Gasteiger charge is -2.33. The normalized spacial score (nSPS) is 15.5. The van der Waals surface area contributed by atoms with Gasteiger partial charge in [-0.05, 0) is 51.8 Å². The van der Waals surface area contributed by atoms with Gasteiger partial charge >= 0.3 is 6.09 Å². The zero-order valence-electron chi connectivity index (χ0n) is 19.3. The number of piperidine rings is 1. The summed E-state index contributed by atoms with van der Waals surface area (Å²) >= 11 is 6.29. The standard InChI is InChI=1S/C21H26ClN7O4S/c1-21(2,3)33-20(30)28-9-7-13(8-10-28)29-19-17(26-27-29)18(23-12-24-19)25-16-6-5-14(11-15(16)22)34(4,31)32/h5-6,11-13H,7-10H2,1-4H3,(H,23,24,25). The summed E-state index contributed by atoms with van der Waals surface area (Å²) < 4.78 is 30.7. The Kier molecular flexibility index (Phi) is 6.38. The Hall–Kier alpha value is -2.99. The summed E-state index contributed by atoms with van der Waals surface area (Å²) in [6, 6.07) is 4.44. The average molecular weight is 508 g/mol. The number of sulfone groups is 1. The lowest BCUT2D eigenvalue weighted by molar-refractivity contribution is 0.0185. The Labute approximate surface area is 202 Å². The Balaban J connectivity index is 1.51. The zero-order chi connectivity index (χ0) is 24.7. The molecule has 11 nitrogen and oxygen atoms in total. The maximum absolute atomic E-state index is 12.3. The van der Waals surface area contributed by atoms with Gasteiger partial charge in [0.2, 0.25) is 0 Å². The fraction of sp³-hybridized carbons (Fsp3) is 0.476. The molecule has 4 rings (SSSR count). The van der Waals surface area contributed by atoms with Crippen LogP contribution in [-0.4, -0.2) is 69.3 Å². The van der Waals surface area contributed by atoms with Crippen LogP contribution < -0.4 is 5.32 Å². The van der Waals surface area contributed by atoms with Crippen LogP contribution in [0, 0.1) is 0 Å². The van der Waals surface area contributed by atoms with Crippen molar-refractivity contribution in [2.75, 3.05) is 24.7 Å². The summed E-state index contributed by atoms with van der Waals surface area (Å²) in [5, 5.41) is 11.9. The number of hydrogen-bond donors (Lipinski definition) is 1. The number of hydrogen-bond acceptors (Lipinski definition) is 9. The SMILES string of the molecule is CC(C)(C)OC(=O)N1CCC(n2nnc3c(Nc4ccc(S(C)(=O)=O)cc4Cl)ncnc32)CC1. The van der Waals surface area contributed by atoms with E-state index in [1.165, 1.54) is 18.5 Å². The maximum Gasteiger partial charge on any atom is 0.410 e. The Morgan fingerprint density at radius 3 is 2.53 bits per heavy atom. The van der Waals surface area contributed by atoms with Crippen LogP contribution in [-0.2, 0) is 14.6 Å². The molecule has 182 valence electrons. The summed E-state index contributed by atoms with van der Waals surface area (Å²) in [5.74, 6) is 0.399. The van der Waals surface area contributed by atoms with Crippen molar-refractivity contribution in [3.8, 4) is 0 Å². The van der Waals surface area contributed by atoms with Gasteiger partial charge < -0.3 is 15.0 Å². The molecule has 1 aliphatic rings. The van der Waals surface area contributed by atoms with E-state index in [9.17, 15) is 13.2 Å². The first-order chi connectivity index (χ1) is 15.9. The molecule has 2 aromatic heterocycles. The number of aromatic nitrogens is 5. The molecule has 0 atom stereocenters. The van der Waals surface area contributed by atoms with Crippen LogP contribution in [0.4, 0.5) is 16.3 Å². The molecular formula is C21H26ClN7O4S. The second-order valence-electron chi connectivity index (χ2n) is 9.17. The number of carbonyl (C=O) groups is 1. The number of ether oxygens (including phenoxy) is 1. The van der Waals surface area contributed by atoms with E-state index in [2.05, 4.69) is 25.6 Å². The number of carbonyl (C=O) groups excluding carboxylic acids is 1. The number of anilines is 2. The largest absolute Gasteiger partial charge is 0.444 e. The molecule has 1 saturated heterocycles. The van der Waals surface area contributed by atoms with E-state index in [0.29, 0.717) is 48.6 Å². The molecule has 0 saturated carbocycles. The minimum absolute atomic E-state index is 0.0177. The van der Waals surface area contributed by atoms with Gasteiger partial charge in [-0.25, -0.2) is 27.9 Å². The topological polar surface area (TPSA) is 132 Å². The van der Waals surface area contributed by atoms with Crippen molar-refractivity contribution < 1.29 is 17.9 Å². The van der Waals surface area contributed by atoms with E-state index in [-0.39, 0.29) is 22.1 Å². The molecule has 1 aliphatic heterocycles. The minimum atomic E-state index is -3.37. The number of amides is 1. The van der Waals surface area contributed by atoms with Crippen molar-refractivity contribution in [2.45, 2.75) is 50.2 Å². The third-order valence-electron chi connectivity index (χ3n) is 5.34. The molecule has 0 radical (unpaired) electrons. The molecular weight excluding hydrogens is 482 g/mol. The van der Waals surface area contributed by atoms with Gasteiger partial charge in [-0.15, -0.1) is 5.10 Å². The van der Waals surface area contributed by atoms with Crippen LogP contribution >= 0.6 is 11.6 Å². The molecule has 0 bridgehead atoms. The Morgan fingerprint density at radius 1 is 1.21 bits per heavy atom. The second kappa shape index (κ2) is 8.99. The summed E-state index contributed by atoms with van der Waals surface area (Å²) in [7, 11) is -3.37. The molecule has 13 heteroatoms. The highest BCUT2D eigenvalue weighted by Gasteiger charge is 2.29. The van der Waals surface area contributed by atoms with E-state index in [0.717, 1.165) is 6.26 Å². The van der Waals surface area contributed by atoms with E-state index >= 15 is 0 Å². The van der Waals surface area contributed by atoms with Gasteiger partial charge in [0.1, 0.15) is 11.9 Å². The van der Waals surface area contributed by atoms with Crippen LogP contribution in [0.5, 0.6) is 0 Å². The van der Waals surface area contributed by atoms with Gasteiger partial charge in [-0.1, -0.05) is 16.8 Å². The van der Waals surface area contributed by atoms with Gasteiger partial charge in [-0.3, -0.25) is 0 Å². The lowest BCUT2D eigenvalue weighted by Crippen LogP contribution is -2.42. The number of fused-ring (bicyclic) bond motifs is 1. The van der Waals surface area contributed by atoms with Gasteiger partial charge in [0.15, 0.2) is 26.8 Å². The van der Waals surface area contributed by atoms with Crippen LogP contribution in [0.25, 0.3) is 11.2 Å². The highest BCUT2D eigenvalue weighted by Crippen LogP contribution is 2.31. The monoisotopic (exact) mass is 507 g/mol. The van der Waals surface area contributed by atoms with E-state index < -0.39 is 15.4 Å². The van der Waals surface area contributed by atoms with Gasteiger partial charge in [0, 0.05) is 19.3 Å². The van der Waals surface area contributed by atoms with Gasteiger partial charge in [0.05, 0.1) is 21.6 Å². The zero-order valence-corrected chi connectivity index (χ0v) is 20.9. The van der Waals surface area contributed by atoms with Crippen LogP contribution in [0.2, 0.25) is 5.02 Å². The van der Waals surface area contributed by atoms with Crippen molar-refractivity contribution in [3.63, 3.8) is 0 Å². The molecule has 0 unspecified atom stereocenters. The third-order valence-corrected chi connectivity index (χ3v) is 6.77. The first-order valence-electron chi connectivity index (χ1n) is 10.7. The summed E-state index contributed by atoms with van der Waals surface area (Å²) in [4.78, 5) is 22.8. The van der Waals surface area contributed by atoms with Crippen molar-refractivity contribution in [1.29, 1.82) is 0 Å². The first kappa shape index (κ1) is 24.1. The smallest absolute Gasteiger partial charge is 0.410 e. The first-order valence-corrected chi connectivity index (χ1v) is 13.0. The number of benzene rings is 1. The molecule has 0 aliphatic carbocycles. The number of nitrogens with zero attached hydrogens (tertiary/aromatic N) is 6. The molecule has 34 heavy (non-hydrogen) atoms. The summed E-state index contributed by atoms with van der Waals surface area (Å²) in [6.45, 7) is 6.62. The van der Waals surface area contributed by atoms with Gasteiger partial charge in [0.25, 0.3) is 0 Å². The summed E-state index contributed by atoms with van der Waals surface area (Å²) in [6.07, 6.45) is 3.57. The number of nitrogens with one attached hydrogen (secondary N) is 1. The average Bonchev–Trinajstić information content (AvgIpc) is 3.18. The van der Waals surface area contributed by atoms with Crippen LogP contribution in [0.15, 0.2) is 29.4 Å². The third kappa shape index (κ3) is 5.22. The molecule has 3 heterocycles. The van der Waals surface area contributed by atoms with Crippen molar-refractivity contribution >= 4 is 50.2 Å². The highest BCUT2D eigenvalue weighted by atomic mass is 35.5. The minimum Gasteiger partial charge on any atom is -0.444 e. The molecule has 3 aromatic rings. The fourth-order valence-electron chi connectivity index (χ4n) is 3.68. The fourth-order valence-corrected chi connectivity index (χ4v) is 4.62. The quantitative estimate of drug-likeness (QED) is 0.562. The number of likely N-dealkylation sites (tertiary alicyclic amines) is 1. The van der Waals surface area contributed by atoms with Crippen molar-refractivity contribution in [3.05, 3.63) is 29.5 Å².